The number of halogens is 1. The lowest BCUT2D eigenvalue weighted by Gasteiger charge is -2.10. The fraction of sp³-hybridized carbons (Fsp3) is 0.381. The standard InChI is InChI=1S/C21H25FN6O/c1-23-19-15(7-3-2-4-11-25-20(29)18-10-6-12-24-18)14-26-21(28-19)27-17-9-5-8-16(22)13-17/h5,8-9,13-14,18,24H,2,4,6,10-12H2,1H3,(H,25,29)(H2,23,26,27,28)/t18-/m0/s1. The summed E-state index contributed by atoms with van der Waals surface area (Å²) in [6, 6.07) is 6.05. The predicted octanol–water partition coefficient (Wildman–Crippen LogP) is 2.40. The molecule has 2 aromatic rings. The van der Waals surface area contributed by atoms with Crippen molar-refractivity contribution in [3.63, 3.8) is 0 Å². The number of amides is 1. The van der Waals surface area contributed by atoms with Gasteiger partial charge in [-0.2, -0.15) is 4.98 Å². The van der Waals surface area contributed by atoms with E-state index in [-0.39, 0.29) is 17.8 Å². The minimum atomic E-state index is -0.331. The Morgan fingerprint density at radius 2 is 2.31 bits per heavy atom. The number of nitrogens with one attached hydrogen (secondary N) is 4. The van der Waals surface area contributed by atoms with E-state index in [1.165, 1.54) is 12.1 Å². The Morgan fingerprint density at radius 1 is 1.41 bits per heavy atom. The molecule has 1 aromatic heterocycles. The van der Waals surface area contributed by atoms with Crippen molar-refractivity contribution >= 4 is 23.4 Å². The monoisotopic (exact) mass is 396 g/mol. The van der Waals surface area contributed by atoms with Gasteiger partial charge in [0.15, 0.2) is 0 Å². The fourth-order valence-electron chi connectivity index (χ4n) is 3.00. The maximum absolute atomic E-state index is 13.3. The third kappa shape index (κ3) is 6.16. The van der Waals surface area contributed by atoms with Gasteiger partial charge in [0.05, 0.1) is 17.8 Å². The molecule has 0 aliphatic carbocycles. The number of carbonyl (C=O) groups is 1. The topological polar surface area (TPSA) is 91.0 Å². The van der Waals surface area contributed by atoms with Gasteiger partial charge in [-0.25, -0.2) is 9.37 Å². The molecule has 0 saturated carbocycles. The minimum Gasteiger partial charge on any atom is -0.372 e. The van der Waals surface area contributed by atoms with Crippen LogP contribution >= 0.6 is 0 Å². The van der Waals surface area contributed by atoms with Gasteiger partial charge >= 0.3 is 0 Å². The van der Waals surface area contributed by atoms with Gasteiger partial charge in [0.2, 0.25) is 11.9 Å². The molecule has 0 radical (unpaired) electrons. The highest BCUT2D eigenvalue weighted by molar-refractivity contribution is 5.81. The van der Waals surface area contributed by atoms with E-state index < -0.39 is 0 Å². The Morgan fingerprint density at radius 3 is 3.07 bits per heavy atom. The van der Waals surface area contributed by atoms with Crippen LogP contribution in [0.4, 0.5) is 21.8 Å². The first kappa shape index (κ1) is 20.6. The Balaban J connectivity index is 1.49. The van der Waals surface area contributed by atoms with Crippen molar-refractivity contribution in [2.75, 3.05) is 30.8 Å². The van der Waals surface area contributed by atoms with E-state index in [2.05, 4.69) is 43.1 Å². The van der Waals surface area contributed by atoms with Crippen molar-refractivity contribution in [3.05, 3.63) is 41.8 Å². The lowest BCUT2D eigenvalue weighted by molar-refractivity contribution is -0.122. The first-order valence-corrected chi connectivity index (χ1v) is 9.73. The lowest BCUT2D eigenvalue weighted by atomic mass is 10.2. The van der Waals surface area contributed by atoms with E-state index in [0.29, 0.717) is 36.0 Å². The third-order valence-corrected chi connectivity index (χ3v) is 4.48. The van der Waals surface area contributed by atoms with Crippen LogP contribution in [0.1, 0.15) is 31.2 Å². The third-order valence-electron chi connectivity index (χ3n) is 4.48. The van der Waals surface area contributed by atoms with E-state index in [4.69, 9.17) is 0 Å². The number of hydrogen-bond acceptors (Lipinski definition) is 6. The van der Waals surface area contributed by atoms with Crippen LogP contribution in [0.25, 0.3) is 0 Å². The number of aromatic nitrogens is 2. The molecule has 1 amide bonds. The smallest absolute Gasteiger partial charge is 0.237 e. The summed E-state index contributed by atoms with van der Waals surface area (Å²) in [5.74, 6) is 6.83. The van der Waals surface area contributed by atoms with Crippen molar-refractivity contribution < 1.29 is 9.18 Å². The number of hydrogen-bond donors (Lipinski definition) is 4. The summed E-state index contributed by atoms with van der Waals surface area (Å²) in [6.45, 7) is 1.52. The zero-order valence-corrected chi connectivity index (χ0v) is 16.4. The predicted molar refractivity (Wildman–Crippen MR) is 111 cm³/mol. The molecule has 1 saturated heterocycles. The molecular weight excluding hydrogens is 371 g/mol. The Kier molecular flexibility index (Phi) is 7.36. The summed E-state index contributed by atoms with van der Waals surface area (Å²) >= 11 is 0. The maximum atomic E-state index is 13.3. The Bertz CT molecular complexity index is 902. The molecule has 1 fully saturated rings. The molecule has 0 spiro atoms. The van der Waals surface area contributed by atoms with Crippen LogP contribution in [0.15, 0.2) is 30.5 Å². The van der Waals surface area contributed by atoms with Gasteiger partial charge in [0.1, 0.15) is 11.6 Å². The highest BCUT2D eigenvalue weighted by Gasteiger charge is 2.20. The van der Waals surface area contributed by atoms with Gasteiger partial charge in [-0.05, 0) is 44.0 Å². The molecule has 7 nitrogen and oxygen atoms in total. The zero-order valence-electron chi connectivity index (χ0n) is 16.4. The van der Waals surface area contributed by atoms with Crippen molar-refractivity contribution in [2.45, 2.75) is 31.7 Å². The van der Waals surface area contributed by atoms with Gasteiger partial charge in [-0.15, -0.1) is 0 Å². The Labute approximate surface area is 169 Å². The molecule has 1 atom stereocenters. The summed E-state index contributed by atoms with van der Waals surface area (Å²) in [5, 5.41) is 12.1. The summed E-state index contributed by atoms with van der Waals surface area (Å²) in [5.41, 5.74) is 1.25. The molecule has 2 heterocycles. The maximum Gasteiger partial charge on any atom is 0.237 e. The van der Waals surface area contributed by atoms with Crippen molar-refractivity contribution in [3.8, 4) is 11.8 Å². The quantitative estimate of drug-likeness (QED) is 0.424. The highest BCUT2D eigenvalue weighted by atomic mass is 19.1. The van der Waals surface area contributed by atoms with Crippen molar-refractivity contribution in [1.29, 1.82) is 0 Å². The van der Waals surface area contributed by atoms with Gasteiger partial charge in [0.25, 0.3) is 0 Å². The van der Waals surface area contributed by atoms with Gasteiger partial charge in [0, 0.05) is 25.7 Å². The molecule has 4 N–H and O–H groups in total. The Hall–Kier alpha value is -3.18. The number of benzene rings is 1. The van der Waals surface area contributed by atoms with Crippen LogP contribution in [0.3, 0.4) is 0 Å². The second-order valence-electron chi connectivity index (χ2n) is 6.69. The fourth-order valence-corrected chi connectivity index (χ4v) is 3.00. The van der Waals surface area contributed by atoms with Crippen LogP contribution in [-0.2, 0) is 4.79 Å². The number of anilines is 3. The molecule has 1 aromatic carbocycles. The summed E-state index contributed by atoms with van der Waals surface area (Å²) in [7, 11) is 1.76. The summed E-state index contributed by atoms with van der Waals surface area (Å²) in [4.78, 5) is 20.5. The average molecular weight is 396 g/mol. The number of carbonyl (C=O) groups excluding carboxylic acids is 1. The zero-order chi connectivity index (χ0) is 20.5. The second-order valence-corrected chi connectivity index (χ2v) is 6.69. The summed E-state index contributed by atoms with van der Waals surface area (Å²) < 4.78 is 13.3. The molecule has 29 heavy (non-hydrogen) atoms. The van der Waals surface area contributed by atoms with Gasteiger partial charge in [-0.3, -0.25) is 4.79 Å². The second kappa shape index (κ2) is 10.4. The normalized spacial score (nSPS) is 15.3. The van der Waals surface area contributed by atoms with E-state index in [1.54, 1.807) is 25.4 Å². The van der Waals surface area contributed by atoms with Crippen LogP contribution in [-0.4, -0.2) is 42.1 Å². The van der Waals surface area contributed by atoms with Crippen molar-refractivity contribution in [1.82, 2.24) is 20.6 Å². The first-order valence-electron chi connectivity index (χ1n) is 9.73. The summed E-state index contributed by atoms with van der Waals surface area (Å²) in [6.07, 6.45) is 5.02. The van der Waals surface area contributed by atoms with Crippen LogP contribution in [0.5, 0.6) is 0 Å². The van der Waals surface area contributed by atoms with E-state index in [1.807, 2.05) is 0 Å². The number of unbranched alkanes of at least 4 members (excludes halogenated alkanes) is 1. The van der Waals surface area contributed by atoms with E-state index in [0.717, 1.165) is 25.8 Å². The largest absolute Gasteiger partial charge is 0.372 e. The van der Waals surface area contributed by atoms with E-state index >= 15 is 0 Å². The number of nitrogens with zero attached hydrogens (tertiary/aromatic N) is 2. The molecule has 3 rings (SSSR count). The van der Waals surface area contributed by atoms with Crippen LogP contribution < -0.4 is 21.3 Å². The average Bonchev–Trinajstić information content (AvgIpc) is 3.26. The molecule has 1 aliphatic rings. The molecule has 0 unspecified atom stereocenters. The molecule has 8 heteroatoms. The van der Waals surface area contributed by atoms with E-state index in [9.17, 15) is 9.18 Å². The van der Waals surface area contributed by atoms with Gasteiger partial charge < -0.3 is 21.3 Å². The lowest BCUT2D eigenvalue weighted by Crippen LogP contribution is -2.40. The SMILES string of the molecule is CNc1nc(Nc2cccc(F)c2)ncc1C#CCCCNC(=O)[C@@H]1CCCN1. The number of rotatable bonds is 7. The molecular formula is C21H25FN6O. The van der Waals surface area contributed by atoms with Crippen LogP contribution in [0, 0.1) is 17.7 Å². The van der Waals surface area contributed by atoms with Gasteiger partial charge in [-0.1, -0.05) is 17.9 Å². The van der Waals surface area contributed by atoms with Crippen molar-refractivity contribution in [2.24, 2.45) is 0 Å². The minimum absolute atomic E-state index is 0.0454. The van der Waals surface area contributed by atoms with Crippen LogP contribution in [0.2, 0.25) is 0 Å². The molecule has 1 aliphatic heterocycles. The first-order chi connectivity index (χ1) is 14.2. The molecule has 0 bridgehead atoms. The highest BCUT2D eigenvalue weighted by Crippen LogP contribution is 2.17. The molecule has 152 valence electrons.